The van der Waals surface area contributed by atoms with Gasteiger partial charge in [0.05, 0.1) is 16.8 Å². The van der Waals surface area contributed by atoms with Gasteiger partial charge in [0.1, 0.15) is 11.5 Å². The van der Waals surface area contributed by atoms with Gasteiger partial charge in [-0.15, -0.1) is 0 Å². The third-order valence-corrected chi connectivity index (χ3v) is 5.18. The maximum atomic E-state index is 12.4. The van der Waals surface area contributed by atoms with Crippen molar-refractivity contribution in [3.8, 4) is 11.5 Å². The molecule has 1 N–H and O–H groups in total. The summed E-state index contributed by atoms with van der Waals surface area (Å²) < 4.78 is 11.5. The fraction of sp³-hybridized carbons (Fsp3) is 0.0455. The first-order valence-electron chi connectivity index (χ1n) is 8.99. The summed E-state index contributed by atoms with van der Waals surface area (Å²) in [5, 5.41) is 5.15. The quantitative estimate of drug-likeness (QED) is 0.164. The van der Waals surface area contributed by atoms with Gasteiger partial charge in [0.25, 0.3) is 5.91 Å². The van der Waals surface area contributed by atoms with Crippen molar-refractivity contribution in [3.05, 3.63) is 91.3 Å². The highest BCUT2D eigenvalue weighted by molar-refractivity contribution is 9.10. The standard InChI is InChI=1S/C22H14BrCl3N2O4/c23-15-3-7-19(32-22(30)13-1-4-16(24)5-2-13)14(9-15)11-27-28-21(29)12-31-20-8-6-17(25)10-18(20)26/h1-11H,12H2,(H,28,29)/b27-11-. The molecule has 0 aromatic heterocycles. The highest BCUT2D eigenvalue weighted by Crippen LogP contribution is 2.27. The van der Waals surface area contributed by atoms with Gasteiger partial charge in [-0.05, 0) is 60.7 Å². The monoisotopic (exact) mass is 554 g/mol. The lowest BCUT2D eigenvalue weighted by atomic mass is 10.2. The summed E-state index contributed by atoms with van der Waals surface area (Å²) >= 11 is 21.0. The van der Waals surface area contributed by atoms with Gasteiger partial charge in [0, 0.05) is 20.1 Å². The van der Waals surface area contributed by atoms with Crippen LogP contribution in [0, 0.1) is 0 Å². The van der Waals surface area contributed by atoms with Gasteiger partial charge >= 0.3 is 5.97 Å². The van der Waals surface area contributed by atoms with E-state index in [-0.39, 0.29) is 17.4 Å². The largest absolute Gasteiger partial charge is 0.482 e. The predicted octanol–water partition coefficient (Wildman–Crippen LogP) is 6.16. The summed E-state index contributed by atoms with van der Waals surface area (Å²) in [4.78, 5) is 24.4. The number of hydrogen-bond acceptors (Lipinski definition) is 5. The van der Waals surface area contributed by atoms with Gasteiger partial charge in [-0.3, -0.25) is 4.79 Å². The molecule has 10 heteroatoms. The minimum absolute atomic E-state index is 0.260. The van der Waals surface area contributed by atoms with Crippen LogP contribution in [0.2, 0.25) is 15.1 Å². The van der Waals surface area contributed by atoms with E-state index in [9.17, 15) is 9.59 Å². The van der Waals surface area contributed by atoms with Crippen LogP contribution in [0.15, 0.2) is 70.2 Å². The molecule has 3 rings (SSSR count). The number of carbonyl (C=O) groups is 2. The molecular weight excluding hydrogens is 543 g/mol. The molecule has 0 saturated heterocycles. The molecule has 0 saturated carbocycles. The van der Waals surface area contributed by atoms with E-state index in [1.807, 2.05) is 0 Å². The average Bonchev–Trinajstić information content (AvgIpc) is 2.75. The molecule has 0 spiro atoms. The molecule has 32 heavy (non-hydrogen) atoms. The number of ether oxygens (including phenoxy) is 2. The Bertz CT molecular complexity index is 1170. The minimum atomic E-state index is -0.559. The summed E-state index contributed by atoms with van der Waals surface area (Å²) in [6, 6.07) is 16.0. The number of hydrazone groups is 1. The molecule has 0 radical (unpaired) electrons. The lowest BCUT2D eigenvalue weighted by Crippen LogP contribution is -2.24. The number of esters is 1. The Kier molecular flexibility index (Phi) is 8.53. The Balaban J connectivity index is 1.62. The van der Waals surface area contributed by atoms with Gasteiger partial charge < -0.3 is 9.47 Å². The summed E-state index contributed by atoms with van der Waals surface area (Å²) in [6.45, 7) is -0.310. The zero-order valence-electron chi connectivity index (χ0n) is 16.2. The van der Waals surface area contributed by atoms with Gasteiger partial charge in [-0.1, -0.05) is 50.7 Å². The number of halogens is 4. The van der Waals surface area contributed by atoms with E-state index in [1.54, 1.807) is 54.6 Å². The Hall–Kier alpha value is -2.58. The zero-order chi connectivity index (χ0) is 23.1. The lowest BCUT2D eigenvalue weighted by molar-refractivity contribution is -0.123. The van der Waals surface area contributed by atoms with Crippen molar-refractivity contribution >= 4 is 68.8 Å². The van der Waals surface area contributed by atoms with Gasteiger partial charge in [0.15, 0.2) is 6.61 Å². The van der Waals surface area contributed by atoms with Crippen molar-refractivity contribution in [2.24, 2.45) is 5.10 Å². The Labute approximate surface area is 207 Å². The first kappa shape index (κ1) is 24.1. The number of nitrogens with zero attached hydrogens (tertiary/aromatic N) is 1. The zero-order valence-corrected chi connectivity index (χ0v) is 20.0. The van der Waals surface area contributed by atoms with Crippen LogP contribution in [0.3, 0.4) is 0 Å². The summed E-state index contributed by atoms with van der Waals surface area (Å²) in [5.74, 6) is -0.494. The number of amides is 1. The van der Waals surface area contributed by atoms with E-state index < -0.39 is 11.9 Å². The molecule has 0 aliphatic heterocycles. The molecule has 0 aliphatic rings. The molecular formula is C22H14BrCl3N2O4. The van der Waals surface area contributed by atoms with Crippen LogP contribution in [0.5, 0.6) is 11.5 Å². The van der Waals surface area contributed by atoms with Crippen molar-refractivity contribution in [2.75, 3.05) is 6.61 Å². The first-order valence-corrected chi connectivity index (χ1v) is 10.9. The Morgan fingerprint density at radius 3 is 2.34 bits per heavy atom. The predicted molar refractivity (Wildman–Crippen MR) is 128 cm³/mol. The van der Waals surface area contributed by atoms with Crippen molar-refractivity contribution in [1.29, 1.82) is 0 Å². The molecule has 164 valence electrons. The van der Waals surface area contributed by atoms with Crippen LogP contribution >= 0.6 is 50.7 Å². The second kappa shape index (κ2) is 11.3. The van der Waals surface area contributed by atoms with Gasteiger partial charge in [-0.2, -0.15) is 5.10 Å². The van der Waals surface area contributed by atoms with Crippen molar-refractivity contribution in [1.82, 2.24) is 5.43 Å². The molecule has 6 nitrogen and oxygen atoms in total. The van der Waals surface area contributed by atoms with Crippen molar-refractivity contribution < 1.29 is 19.1 Å². The SMILES string of the molecule is O=C(COc1ccc(Cl)cc1Cl)N/N=C\c1cc(Br)ccc1OC(=O)c1ccc(Cl)cc1. The highest BCUT2D eigenvalue weighted by atomic mass is 79.9. The molecule has 0 aliphatic carbocycles. The third-order valence-electron chi connectivity index (χ3n) is 3.90. The minimum Gasteiger partial charge on any atom is -0.482 e. The van der Waals surface area contributed by atoms with Crippen molar-refractivity contribution in [3.63, 3.8) is 0 Å². The fourth-order valence-electron chi connectivity index (χ4n) is 2.40. The molecule has 0 fully saturated rings. The van der Waals surface area contributed by atoms with Crippen LogP contribution < -0.4 is 14.9 Å². The lowest BCUT2D eigenvalue weighted by Gasteiger charge is -2.09. The second-order valence-electron chi connectivity index (χ2n) is 6.24. The molecule has 3 aromatic carbocycles. The normalized spacial score (nSPS) is 10.8. The summed E-state index contributed by atoms with van der Waals surface area (Å²) in [5.41, 5.74) is 3.14. The molecule has 0 bridgehead atoms. The van der Waals surface area contributed by atoms with Gasteiger partial charge in [0.2, 0.25) is 0 Å². The van der Waals surface area contributed by atoms with Crippen LogP contribution in [-0.4, -0.2) is 24.7 Å². The second-order valence-corrected chi connectivity index (χ2v) is 8.43. The number of nitrogens with one attached hydrogen (secondary N) is 1. The first-order chi connectivity index (χ1) is 15.3. The smallest absolute Gasteiger partial charge is 0.343 e. The van der Waals surface area contributed by atoms with Gasteiger partial charge in [-0.25, -0.2) is 10.2 Å². The number of benzene rings is 3. The van der Waals surface area contributed by atoms with Crippen LogP contribution in [-0.2, 0) is 4.79 Å². The van der Waals surface area contributed by atoms with E-state index in [1.165, 1.54) is 12.3 Å². The molecule has 1 amide bonds. The van der Waals surface area contributed by atoms with E-state index in [0.29, 0.717) is 26.9 Å². The van der Waals surface area contributed by atoms with Crippen LogP contribution in [0.4, 0.5) is 0 Å². The number of rotatable bonds is 7. The topological polar surface area (TPSA) is 77.0 Å². The maximum absolute atomic E-state index is 12.4. The average molecular weight is 557 g/mol. The van der Waals surface area contributed by atoms with Crippen LogP contribution in [0.25, 0.3) is 0 Å². The molecule has 0 unspecified atom stereocenters. The highest BCUT2D eigenvalue weighted by Gasteiger charge is 2.12. The molecule has 3 aromatic rings. The fourth-order valence-corrected chi connectivity index (χ4v) is 3.37. The van der Waals surface area contributed by atoms with E-state index in [2.05, 4.69) is 26.5 Å². The Morgan fingerprint density at radius 1 is 0.938 bits per heavy atom. The molecule has 0 atom stereocenters. The Morgan fingerprint density at radius 2 is 1.62 bits per heavy atom. The van der Waals surface area contributed by atoms with Crippen molar-refractivity contribution in [2.45, 2.75) is 0 Å². The van der Waals surface area contributed by atoms with E-state index in [0.717, 1.165) is 4.47 Å². The van der Waals surface area contributed by atoms with E-state index in [4.69, 9.17) is 44.3 Å². The van der Waals surface area contributed by atoms with E-state index >= 15 is 0 Å². The summed E-state index contributed by atoms with van der Waals surface area (Å²) in [7, 11) is 0. The number of hydrogen-bond donors (Lipinski definition) is 1. The number of carbonyl (C=O) groups excluding carboxylic acids is 2. The summed E-state index contributed by atoms with van der Waals surface area (Å²) in [6.07, 6.45) is 1.35. The maximum Gasteiger partial charge on any atom is 0.343 e. The molecule has 0 heterocycles. The van der Waals surface area contributed by atoms with Crippen LogP contribution in [0.1, 0.15) is 15.9 Å². The third kappa shape index (κ3) is 6.97.